The van der Waals surface area contributed by atoms with Crippen molar-refractivity contribution in [2.45, 2.75) is 29.7 Å². The Morgan fingerprint density at radius 3 is 3.22 bits per heavy atom. The van der Waals surface area contributed by atoms with Crippen LogP contribution in [0.4, 0.5) is 0 Å². The van der Waals surface area contributed by atoms with Crippen LogP contribution in [0.3, 0.4) is 0 Å². The number of hydrogen-bond acceptors (Lipinski definition) is 4. The van der Waals surface area contributed by atoms with Crippen LogP contribution in [-0.4, -0.2) is 32.3 Å². The zero-order chi connectivity index (χ0) is 12.4. The summed E-state index contributed by atoms with van der Waals surface area (Å²) in [5.74, 6) is 0.116. The van der Waals surface area contributed by atoms with E-state index < -0.39 is 0 Å². The zero-order valence-electron chi connectivity index (χ0n) is 9.87. The minimum absolute atomic E-state index is 0.0555. The van der Waals surface area contributed by atoms with Crippen LogP contribution >= 0.6 is 11.8 Å². The largest absolute Gasteiger partial charge is 0.355 e. The number of carbonyl (C=O) groups is 1. The molecule has 2 aromatic rings. The molecule has 94 valence electrons. The molecule has 1 saturated heterocycles. The van der Waals surface area contributed by atoms with Gasteiger partial charge < -0.3 is 5.32 Å². The van der Waals surface area contributed by atoms with Gasteiger partial charge in [0.25, 0.3) is 0 Å². The lowest BCUT2D eigenvalue weighted by Crippen LogP contribution is -2.30. The molecule has 18 heavy (non-hydrogen) atoms. The molecule has 0 saturated carbocycles. The van der Waals surface area contributed by atoms with E-state index in [0.717, 1.165) is 36.6 Å². The van der Waals surface area contributed by atoms with Gasteiger partial charge in [0.1, 0.15) is 0 Å². The van der Waals surface area contributed by atoms with Crippen LogP contribution in [0.2, 0.25) is 0 Å². The molecule has 0 unspecified atom stereocenters. The second-order valence-electron chi connectivity index (χ2n) is 4.30. The monoisotopic (exact) mass is 262 g/mol. The molecule has 0 aliphatic carbocycles. The number of fused-ring (bicyclic) bond motifs is 1. The summed E-state index contributed by atoms with van der Waals surface area (Å²) in [5, 5.41) is 11.9. The van der Waals surface area contributed by atoms with Gasteiger partial charge in [0.2, 0.25) is 5.91 Å². The Labute approximate surface area is 109 Å². The highest BCUT2D eigenvalue weighted by Gasteiger charge is 2.23. The van der Waals surface area contributed by atoms with Crippen molar-refractivity contribution in [3.63, 3.8) is 0 Å². The SMILES string of the molecule is O=C1NCCCC[C@H]1Sc1nnc2ccccn12. The van der Waals surface area contributed by atoms with Gasteiger partial charge in [0.15, 0.2) is 10.8 Å². The molecule has 5 nitrogen and oxygen atoms in total. The average Bonchev–Trinajstić information content (AvgIpc) is 2.69. The summed E-state index contributed by atoms with van der Waals surface area (Å²) < 4.78 is 1.92. The normalized spacial score (nSPS) is 20.7. The first-order valence-corrected chi connectivity index (χ1v) is 6.97. The predicted molar refractivity (Wildman–Crippen MR) is 69.5 cm³/mol. The molecule has 1 aliphatic rings. The van der Waals surface area contributed by atoms with Gasteiger partial charge in [-0.3, -0.25) is 9.20 Å². The summed E-state index contributed by atoms with van der Waals surface area (Å²) in [4.78, 5) is 11.9. The second kappa shape index (κ2) is 4.97. The number of nitrogens with zero attached hydrogens (tertiary/aromatic N) is 3. The van der Waals surface area contributed by atoms with Crippen LogP contribution in [-0.2, 0) is 4.79 Å². The molecule has 6 heteroatoms. The van der Waals surface area contributed by atoms with Crippen molar-refractivity contribution in [3.05, 3.63) is 24.4 Å². The van der Waals surface area contributed by atoms with E-state index in [-0.39, 0.29) is 11.2 Å². The molecule has 1 aliphatic heterocycles. The van der Waals surface area contributed by atoms with Crippen LogP contribution in [0.1, 0.15) is 19.3 Å². The fourth-order valence-corrected chi connectivity index (χ4v) is 3.14. The van der Waals surface area contributed by atoms with E-state index in [0.29, 0.717) is 0 Å². The summed E-state index contributed by atoms with van der Waals surface area (Å²) in [5.41, 5.74) is 0.814. The Morgan fingerprint density at radius 2 is 2.28 bits per heavy atom. The Balaban J connectivity index is 1.85. The van der Waals surface area contributed by atoms with E-state index in [9.17, 15) is 4.79 Å². The van der Waals surface area contributed by atoms with Gasteiger partial charge in [-0.2, -0.15) is 0 Å². The molecule has 1 atom stereocenters. The fourth-order valence-electron chi connectivity index (χ4n) is 2.05. The van der Waals surface area contributed by atoms with Gasteiger partial charge >= 0.3 is 0 Å². The molecule has 0 spiro atoms. The molecule has 0 radical (unpaired) electrons. The van der Waals surface area contributed by atoms with E-state index in [1.807, 2.05) is 28.8 Å². The van der Waals surface area contributed by atoms with Crippen LogP contribution in [0.25, 0.3) is 5.65 Å². The standard InChI is InChI=1S/C12H14N4OS/c17-11-9(5-1-3-7-13-11)18-12-15-14-10-6-2-4-8-16(10)12/h2,4,6,8-9H,1,3,5,7H2,(H,13,17)/t9-/m1/s1. The van der Waals surface area contributed by atoms with E-state index in [4.69, 9.17) is 0 Å². The summed E-state index contributed by atoms with van der Waals surface area (Å²) in [6.45, 7) is 0.788. The lowest BCUT2D eigenvalue weighted by atomic mass is 10.2. The number of pyridine rings is 1. The van der Waals surface area contributed by atoms with Crippen molar-refractivity contribution in [2.75, 3.05) is 6.54 Å². The van der Waals surface area contributed by atoms with Crippen molar-refractivity contribution in [2.24, 2.45) is 0 Å². The van der Waals surface area contributed by atoms with Gasteiger partial charge in [0, 0.05) is 12.7 Å². The average molecular weight is 262 g/mol. The first kappa shape index (κ1) is 11.5. The fraction of sp³-hybridized carbons (Fsp3) is 0.417. The zero-order valence-corrected chi connectivity index (χ0v) is 10.7. The summed E-state index contributed by atoms with van der Waals surface area (Å²) in [6.07, 6.45) is 4.96. The maximum atomic E-state index is 11.9. The maximum absolute atomic E-state index is 11.9. The number of thioether (sulfide) groups is 1. The van der Waals surface area contributed by atoms with Crippen LogP contribution in [0.15, 0.2) is 29.6 Å². The second-order valence-corrected chi connectivity index (χ2v) is 5.47. The first-order valence-electron chi connectivity index (χ1n) is 6.09. The highest BCUT2D eigenvalue weighted by molar-refractivity contribution is 8.00. The molecule has 1 amide bonds. The van der Waals surface area contributed by atoms with E-state index >= 15 is 0 Å². The topological polar surface area (TPSA) is 59.3 Å². The third kappa shape index (κ3) is 2.20. The lowest BCUT2D eigenvalue weighted by molar-refractivity contribution is -0.120. The maximum Gasteiger partial charge on any atom is 0.233 e. The number of aromatic nitrogens is 3. The van der Waals surface area contributed by atoms with Gasteiger partial charge in [-0.25, -0.2) is 0 Å². The molecule has 0 bridgehead atoms. The molecular formula is C12H14N4OS. The van der Waals surface area contributed by atoms with Crippen LogP contribution in [0.5, 0.6) is 0 Å². The first-order chi connectivity index (χ1) is 8.84. The Kier molecular flexibility index (Phi) is 3.19. The summed E-state index contributed by atoms with van der Waals surface area (Å²) >= 11 is 1.50. The van der Waals surface area contributed by atoms with Crippen LogP contribution in [0, 0.1) is 0 Å². The minimum Gasteiger partial charge on any atom is -0.355 e. The quantitative estimate of drug-likeness (QED) is 0.891. The molecule has 3 heterocycles. The number of rotatable bonds is 2. The van der Waals surface area contributed by atoms with Gasteiger partial charge in [0.05, 0.1) is 5.25 Å². The molecule has 1 N–H and O–H groups in total. The Bertz CT molecular complexity index is 568. The van der Waals surface area contributed by atoms with E-state index in [1.54, 1.807) is 0 Å². The number of hydrogen-bond donors (Lipinski definition) is 1. The predicted octanol–water partition coefficient (Wildman–Crippen LogP) is 1.49. The van der Waals surface area contributed by atoms with Crippen molar-refractivity contribution in [1.29, 1.82) is 0 Å². The molecule has 1 fully saturated rings. The van der Waals surface area contributed by atoms with E-state index in [2.05, 4.69) is 15.5 Å². The minimum atomic E-state index is -0.0555. The van der Waals surface area contributed by atoms with E-state index in [1.165, 1.54) is 11.8 Å². The molecule has 3 rings (SSSR count). The summed E-state index contributed by atoms with van der Waals surface area (Å²) in [6, 6.07) is 5.77. The molecule has 0 aromatic carbocycles. The molecular weight excluding hydrogens is 248 g/mol. The van der Waals surface area contributed by atoms with Crippen molar-refractivity contribution in [1.82, 2.24) is 19.9 Å². The van der Waals surface area contributed by atoms with Gasteiger partial charge in [-0.1, -0.05) is 24.2 Å². The van der Waals surface area contributed by atoms with Crippen LogP contribution < -0.4 is 5.32 Å². The number of amides is 1. The van der Waals surface area contributed by atoms with Gasteiger partial charge in [-0.05, 0) is 25.0 Å². The third-order valence-electron chi connectivity index (χ3n) is 3.01. The Morgan fingerprint density at radius 1 is 1.33 bits per heavy atom. The van der Waals surface area contributed by atoms with Crippen molar-refractivity contribution >= 4 is 23.3 Å². The highest BCUT2D eigenvalue weighted by Crippen LogP contribution is 2.26. The highest BCUT2D eigenvalue weighted by atomic mass is 32.2. The smallest absolute Gasteiger partial charge is 0.233 e. The summed E-state index contributed by atoms with van der Waals surface area (Å²) in [7, 11) is 0. The van der Waals surface area contributed by atoms with Crippen molar-refractivity contribution in [3.8, 4) is 0 Å². The molecule has 2 aromatic heterocycles. The van der Waals surface area contributed by atoms with Gasteiger partial charge in [-0.15, -0.1) is 10.2 Å². The number of carbonyl (C=O) groups excluding carboxylic acids is 1. The third-order valence-corrected chi connectivity index (χ3v) is 4.24. The number of nitrogens with one attached hydrogen (secondary N) is 1. The Hall–Kier alpha value is -1.56. The lowest BCUT2D eigenvalue weighted by Gasteiger charge is -2.10. The van der Waals surface area contributed by atoms with Crippen molar-refractivity contribution < 1.29 is 4.79 Å².